The molecule has 7 heteroatoms. The maximum absolute atomic E-state index is 11.5. The van der Waals surface area contributed by atoms with Crippen LogP contribution in [0.4, 0.5) is 0 Å². The fraction of sp³-hybridized carbons (Fsp3) is 0.333. The number of carboxylic acids is 1. The highest BCUT2D eigenvalue weighted by atomic mass is 32.2. The predicted molar refractivity (Wildman–Crippen MR) is 87.3 cm³/mol. The van der Waals surface area contributed by atoms with Crippen LogP contribution >= 0.6 is 11.8 Å². The Kier molecular flexibility index (Phi) is 5.32. The van der Waals surface area contributed by atoms with Gasteiger partial charge in [-0.1, -0.05) is 49.9 Å². The molecule has 1 aromatic rings. The van der Waals surface area contributed by atoms with Crippen molar-refractivity contribution in [3.63, 3.8) is 0 Å². The zero-order valence-corrected chi connectivity index (χ0v) is 13.1. The van der Waals surface area contributed by atoms with Crippen molar-refractivity contribution in [2.75, 3.05) is 0 Å². The third-order valence-electron chi connectivity index (χ3n) is 3.09. The quantitative estimate of drug-likeness (QED) is 0.643. The van der Waals surface area contributed by atoms with Gasteiger partial charge in [-0.25, -0.2) is 0 Å². The molecule has 0 aliphatic carbocycles. The number of carbonyl (C=O) groups excluding carboxylic acids is 1. The van der Waals surface area contributed by atoms with Gasteiger partial charge in [-0.05, 0) is 17.0 Å². The van der Waals surface area contributed by atoms with Gasteiger partial charge in [0.25, 0.3) is 0 Å². The second-order valence-corrected chi connectivity index (χ2v) is 6.36. The van der Waals surface area contributed by atoms with Crippen LogP contribution < -0.4 is 5.32 Å². The first kappa shape index (κ1) is 16.2. The molecule has 1 aliphatic heterocycles. The van der Waals surface area contributed by atoms with Crippen molar-refractivity contribution in [2.45, 2.75) is 31.4 Å². The Bertz CT molecular complexity index is 623. The van der Waals surface area contributed by atoms with Crippen molar-refractivity contribution in [3.8, 4) is 0 Å². The maximum atomic E-state index is 11.5. The summed E-state index contributed by atoms with van der Waals surface area (Å²) in [6.07, 6.45) is 1.37. The Morgan fingerprint density at radius 1 is 1.41 bits per heavy atom. The third-order valence-corrected chi connectivity index (χ3v) is 4.17. The van der Waals surface area contributed by atoms with Gasteiger partial charge in [0.2, 0.25) is 5.91 Å². The predicted octanol–water partition coefficient (Wildman–Crippen LogP) is 2.21. The smallest absolute Gasteiger partial charge is 0.305 e. The van der Waals surface area contributed by atoms with Crippen LogP contribution in [0.2, 0.25) is 0 Å². The summed E-state index contributed by atoms with van der Waals surface area (Å²) in [6.45, 7) is 4.26. The number of hydrogen-bond donors (Lipinski definition) is 2. The monoisotopic (exact) mass is 319 g/mol. The molecule has 0 saturated carbocycles. The third kappa shape index (κ3) is 4.42. The largest absolute Gasteiger partial charge is 0.481 e. The zero-order chi connectivity index (χ0) is 16.1. The number of hydrogen-bond acceptors (Lipinski definition) is 5. The summed E-state index contributed by atoms with van der Waals surface area (Å²) >= 11 is 1.08. The highest BCUT2D eigenvalue weighted by molar-refractivity contribution is 8.15. The molecule has 1 atom stereocenters. The second-order valence-electron chi connectivity index (χ2n) is 5.16. The molecule has 2 rings (SSSR count). The number of amides is 1. The number of benzene rings is 1. The number of rotatable bonds is 5. The SMILES string of the molecule is CC(C)c1ccc(/C=N\N=C2\NC(=O)[C@H](CC(=O)O)S2)cc1. The minimum Gasteiger partial charge on any atom is -0.481 e. The van der Waals surface area contributed by atoms with Crippen LogP contribution in [0.5, 0.6) is 0 Å². The van der Waals surface area contributed by atoms with E-state index in [2.05, 4.69) is 29.4 Å². The second kappa shape index (κ2) is 7.22. The molecule has 6 nitrogen and oxygen atoms in total. The summed E-state index contributed by atoms with van der Waals surface area (Å²) in [5.41, 5.74) is 2.16. The number of carboxylic acid groups (broad SMARTS) is 1. The molecule has 1 fully saturated rings. The lowest BCUT2D eigenvalue weighted by Crippen LogP contribution is -2.26. The molecule has 0 bridgehead atoms. The highest BCUT2D eigenvalue weighted by Gasteiger charge is 2.32. The molecule has 0 radical (unpaired) electrons. The Balaban J connectivity index is 1.96. The normalized spacial score (nSPS) is 20.0. The fourth-order valence-corrected chi connectivity index (χ4v) is 2.78. The van der Waals surface area contributed by atoms with Gasteiger partial charge in [0, 0.05) is 0 Å². The molecule has 0 unspecified atom stereocenters. The van der Waals surface area contributed by atoms with E-state index in [1.54, 1.807) is 6.21 Å². The zero-order valence-electron chi connectivity index (χ0n) is 12.3. The Labute approximate surface area is 132 Å². The molecule has 1 amide bonds. The summed E-state index contributed by atoms with van der Waals surface area (Å²) in [5, 5.41) is 18.7. The molecule has 116 valence electrons. The highest BCUT2D eigenvalue weighted by Crippen LogP contribution is 2.22. The number of amidine groups is 1. The van der Waals surface area contributed by atoms with Crippen molar-refractivity contribution >= 4 is 35.0 Å². The fourth-order valence-electron chi connectivity index (χ4n) is 1.86. The lowest BCUT2D eigenvalue weighted by Gasteiger charge is -2.03. The first-order valence-corrected chi connectivity index (χ1v) is 7.74. The van der Waals surface area contributed by atoms with Crippen LogP contribution in [0.15, 0.2) is 34.5 Å². The first-order chi connectivity index (χ1) is 10.5. The summed E-state index contributed by atoms with van der Waals surface area (Å²) in [7, 11) is 0. The molecule has 1 aliphatic rings. The minimum atomic E-state index is -1.01. The van der Waals surface area contributed by atoms with E-state index in [9.17, 15) is 9.59 Å². The van der Waals surface area contributed by atoms with Crippen molar-refractivity contribution in [2.24, 2.45) is 10.2 Å². The lowest BCUT2D eigenvalue weighted by atomic mass is 10.0. The topological polar surface area (TPSA) is 91.1 Å². The standard InChI is InChI=1S/C15H17N3O3S/c1-9(2)11-5-3-10(4-6-11)8-16-18-15-17-14(21)12(22-15)7-13(19)20/h3-6,8-9,12H,7H2,1-2H3,(H,19,20)(H,17,18,21)/b16-8-/t12-/m0/s1. The van der Waals surface area contributed by atoms with E-state index in [0.717, 1.165) is 17.3 Å². The van der Waals surface area contributed by atoms with Crippen LogP contribution in [-0.2, 0) is 9.59 Å². The number of thioether (sulfide) groups is 1. The van der Waals surface area contributed by atoms with Gasteiger partial charge < -0.3 is 10.4 Å². The summed E-state index contributed by atoms with van der Waals surface area (Å²) in [6, 6.07) is 7.97. The Morgan fingerprint density at radius 2 is 2.09 bits per heavy atom. The molecule has 0 aromatic heterocycles. The first-order valence-electron chi connectivity index (χ1n) is 6.86. The number of carbonyl (C=O) groups is 2. The Morgan fingerprint density at radius 3 is 2.68 bits per heavy atom. The summed E-state index contributed by atoms with van der Waals surface area (Å²) < 4.78 is 0. The van der Waals surface area contributed by atoms with E-state index in [1.807, 2.05) is 24.3 Å². The van der Waals surface area contributed by atoms with Crippen LogP contribution in [0.3, 0.4) is 0 Å². The van der Waals surface area contributed by atoms with E-state index in [0.29, 0.717) is 11.1 Å². The van der Waals surface area contributed by atoms with Crippen LogP contribution in [0.25, 0.3) is 0 Å². The summed E-state index contributed by atoms with van der Waals surface area (Å²) in [4.78, 5) is 22.1. The number of nitrogens with one attached hydrogen (secondary N) is 1. The minimum absolute atomic E-state index is 0.226. The van der Waals surface area contributed by atoms with Crippen LogP contribution in [0, 0.1) is 0 Å². The van der Waals surface area contributed by atoms with Crippen molar-refractivity contribution < 1.29 is 14.7 Å². The molecule has 22 heavy (non-hydrogen) atoms. The van der Waals surface area contributed by atoms with Gasteiger partial charge in [-0.15, -0.1) is 5.10 Å². The molecule has 1 heterocycles. The van der Waals surface area contributed by atoms with Crippen molar-refractivity contribution in [3.05, 3.63) is 35.4 Å². The van der Waals surface area contributed by atoms with Crippen LogP contribution in [0.1, 0.15) is 37.3 Å². The van der Waals surface area contributed by atoms with Gasteiger partial charge in [-0.3, -0.25) is 9.59 Å². The summed E-state index contributed by atoms with van der Waals surface area (Å²) in [5.74, 6) is -0.882. The van der Waals surface area contributed by atoms with Gasteiger partial charge in [0.1, 0.15) is 5.25 Å². The molecule has 1 saturated heterocycles. The number of aliphatic carboxylic acids is 1. The van der Waals surface area contributed by atoms with Crippen molar-refractivity contribution in [1.82, 2.24) is 5.32 Å². The van der Waals surface area contributed by atoms with E-state index >= 15 is 0 Å². The average molecular weight is 319 g/mol. The van der Waals surface area contributed by atoms with Gasteiger partial charge in [-0.2, -0.15) is 5.10 Å². The van der Waals surface area contributed by atoms with E-state index < -0.39 is 11.2 Å². The number of nitrogens with zero attached hydrogens (tertiary/aromatic N) is 2. The molecule has 1 aromatic carbocycles. The van der Waals surface area contributed by atoms with Gasteiger partial charge in [0.15, 0.2) is 5.17 Å². The average Bonchev–Trinajstić information content (AvgIpc) is 2.79. The van der Waals surface area contributed by atoms with E-state index in [-0.39, 0.29) is 12.3 Å². The molecular formula is C15H17N3O3S. The van der Waals surface area contributed by atoms with Gasteiger partial charge in [0.05, 0.1) is 12.6 Å². The Hall–Kier alpha value is -2.15. The van der Waals surface area contributed by atoms with E-state index in [4.69, 9.17) is 5.11 Å². The molecular weight excluding hydrogens is 302 g/mol. The lowest BCUT2D eigenvalue weighted by molar-refractivity contribution is -0.138. The molecule has 2 N–H and O–H groups in total. The maximum Gasteiger partial charge on any atom is 0.305 e. The van der Waals surface area contributed by atoms with Crippen LogP contribution in [-0.4, -0.2) is 33.6 Å². The molecule has 0 spiro atoms. The van der Waals surface area contributed by atoms with E-state index in [1.165, 1.54) is 5.56 Å². The van der Waals surface area contributed by atoms with Crippen molar-refractivity contribution in [1.29, 1.82) is 0 Å². The van der Waals surface area contributed by atoms with Gasteiger partial charge >= 0.3 is 5.97 Å².